The highest BCUT2D eigenvalue weighted by Crippen LogP contribution is 2.46. The van der Waals surface area contributed by atoms with Crippen LogP contribution in [0.15, 0.2) is 28.7 Å². The lowest BCUT2D eigenvalue weighted by molar-refractivity contribution is -0.00818. The van der Waals surface area contributed by atoms with Crippen LogP contribution in [0.3, 0.4) is 0 Å². The van der Waals surface area contributed by atoms with Crippen LogP contribution in [0.25, 0.3) is 0 Å². The van der Waals surface area contributed by atoms with E-state index in [4.69, 9.17) is 5.73 Å². The van der Waals surface area contributed by atoms with E-state index in [9.17, 15) is 5.11 Å². The summed E-state index contributed by atoms with van der Waals surface area (Å²) >= 11 is 3.42. The third-order valence-corrected chi connectivity index (χ3v) is 4.97. The van der Waals surface area contributed by atoms with Crippen molar-refractivity contribution in [1.29, 1.82) is 0 Å². The highest BCUT2D eigenvalue weighted by atomic mass is 79.9. The number of benzene rings is 1. The van der Waals surface area contributed by atoms with Gasteiger partial charge < -0.3 is 10.8 Å². The molecule has 1 fully saturated rings. The van der Waals surface area contributed by atoms with Crippen molar-refractivity contribution in [3.8, 4) is 0 Å². The number of nitrogens with two attached hydrogens (primary N) is 1. The first-order valence-electron chi connectivity index (χ1n) is 6.71. The lowest BCUT2D eigenvalue weighted by Gasteiger charge is -2.42. The van der Waals surface area contributed by atoms with Gasteiger partial charge in [-0.25, -0.2) is 0 Å². The first kappa shape index (κ1) is 14.0. The monoisotopic (exact) mass is 311 g/mol. The first-order chi connectivity index (χ1) is 8.57. The standard InChI is InChI=1S/C15H22BrNO/c1-11-6-8-15(10-17,9-7-11)14(18)12-2-4-13(16)5-3-12/h2-5,11,14,18H,6-10,17H2,1H3. The van der Waals surface area contributed by atoms with E-state index in [0.717, 1.165) is 28.8 Å². The van der Waals surface area contributed by atoms with Crippen molar-refractivity contribution in [2.75, 3.05) is 6.54 Å². The van der Waals surface area contributed by atoms with Crippen LogP contribution in [0.2, 0.25) is 0 Å². The molecule has 18 heavy (non-hydrogen) atoms. The van der Waals surface area contributed by atoms with E-state index in [1.165, 1.54) is 12.8 Å². The Labute approximate surface area is 118 Å². The zero-order chi connectivity index (χ0) is 13.2. The quantitative estimate of drug-likeness (QED) is 0.895. The van der Waals surface area contributed by atoms with Gasteiger partial charge >= 0.3 is 0 Å². The van der Waals surface area contributed by atoms with E-state index in [2.05, 4.69) is 22.9 Å². The van der Waals surface area contributed by atoms with E-state index >= 15 is 0 Å². The van der Waals surface area contributed by atoms with Crippen LogP contribution in [0.4, 0.5) is 0 Å². The van der Waals surface area contributed by atoms with Gasteiger partial charge in [0.25, 0.3) is 0 Å². The average molecular weight is 312 g/mol. The van der Waals surface area contributed by atoms with Crippen molar-refractivity contribution < 1.29 is 5.11 Å². The molecule has 100 valence electrons. The van der Waals surface area contributed by atoms with Gasteiger partial charge in [-0.15, -0.1) is 0 Å². The van der Waals surface area contributed by atoms with Gasteiger partial charge in [0.1, 0.15) is 0 Å². The molecule has 0 bridgehead atoms. The molecule has 1 aliphatic carbocycles. The molecule has 0 radical (unpaired) electrons. The summed E-state index contributed by atoms with van der Waals surface area (Å²) in [4.78, 5) is 0. The molecule has 0 heterocycles. The highest BCUT2D eigenvalue weighted by Gasteiger charge is 2.40. The maximum Gasteiger partial charge on any atom is 0.0858 e. The number of hydrogen-bond donors (Lipinski definition) is 2. The largest absolute Gasteiger partial charge is 0.388 e. The topological polar surface area (TPSA) is 46.2 Å². The second-order valence-electron chi connectivity index (χ2n) is 5.70. The lowest BCUT2D eigenvalue weighted by atomic mass is 9.66. The minimum Gasteiger partial charge on any atom is -0.388 e. The van der Waals surface area contributed by atoms with Crippen molar-refractivity contribution >= 4 is 15.9 Å². The molecule has 0 spiro atoms. The fourth-order valence-corrected chi connectivity index (χ4v) is 3.19. The molecule has 1 saturated carbocycles. The smallest absolute Gasteiger partial charge is 0.0858 e. The van der Waals surface area contributed by atoms with Crippen molar-refractivity contribution in [3.63, 3.8) is 0 Å². The summed E-state index contributed by atoms with van der Waals surface area (Å²) < 4.78 is 1.04. The second kappa shape index (κ2) is 5.72. The van der Waals surface area contributed by atoms with Gasteiger partial charge in [0.2, 0.25) is 0 Å². The molecule has 1 aliphatic rings. The van der Waals surface area contributed by atoms with Crippen molar-refractivity contribution in [2.45, 2.75) is 38.7 Å². The average Bonchev–Trinajstić information content (AvgIpc) is 2.40. The summed E-state index contributed by atoms with van der Waals surface area (Å²) in [5, 5.41) is 10.7. The molecule has 1 aromatic carbocycles. The van der Waals surface area contributed by atoms with E-state index in [1.54, 1.807) is 0 Å². The fourth-order valence-electron chi connectivity index (χ4n) is 2.92. The molecule has 0 aromatic heterocycles. The SMILES string of the molecule is CC1CCC(CN)(C(O)c2ccc(Br)cc2)CC1. The van der Waals surface area contributed by atoms with Crippen LogP contribution in [0.1, 0.15) is 44.3 Å². The second-order valence-corrected chi connectivity index (χ2v) is 6.62. The van der Waals surface area contributed by atoms with E-state index < -0.39 is 6.10 Å². The number of hydrogen-bond acceptors (Lipinski definition) is 2. The molecule has 0 amide bonds. The van der Waals surface area contributed by atoms with E-state index in [-0.39, 0.29) is 5.41 Å². The third-order valence-electron chi connectivity index (χ3n) is 4.44. The van der Waals surface area contributed by atoms with Crippen LogP contribution < -0.4 is 5.73 Å². The Bertz CT molecular complexity index is 382. The number of aliphatic hydroxyl groups is 1. The summed E-state index contributed by atoms with van der Waals surface area (Å²) in [5.41, 5.74) is 6.84. The Hall–Kier alpha value is -0.380. The summed E-state index contributed by atoms with van der Waals surface area (Å²) in [6.45, 7) is 2.85. The minimum absolute atomic E-state index is 0.125. The molecule has 2 rings (SSSR count). The Morgan fingerprint density at radius 2 is 1.89 bits per heavy atom. The predicted molar refractivity (Wildman–Crippen MR) is 78.2 cm³/mol. The molecule has 1 atom stereocenters. The molecule has 1 unspecified atom stereocenters. The number of halogens is 1. The van der Waals surface area contributed by atoms with Gasteiger partial charge in [-0.2, -0.15) is 0 Å². The van der Waals surface area contributed by atoms with Gasteiger partial charge in [-0.3, -0.25) is 0 Å². The Kier molecular flexibility index (Phi) is 4.46. The molecule has 3 N–H and O–H groups in total. The summed E-state index contributed by atoms with van der Waals surface area (Å²) in [5.74, 6) is 0.766. The summed E-state index contributed by atoms with van der Waals surface area (Å²) in [6, 6.07) is 7.94. The molecule has 3 heteroatoms. The van der Waals surface area contributed by atoms with Gasteiger partial charge in [0, 0.05) is 16.4 Å². The first-order valence-corrected chi connectivity index (χ1v) is 7.50. The van der Waals surface area contributed by atoms with Crippen LogP contribution in [0, 0.1) is 11.3 Å². The zero-order valence-corrected chi connectivity index (χ0v) is 12.5. The molecule has 0 aliphatic heterocycles. The normalized spacial score (nSPS) is 30.1. The maximum atomic E-state index is 10.7. The Morgan fingerprint density at radius 1 is 1.33 bits per heavy atom. The van der Waals surface area contributed by atoms with Crippen molar-refractivity contribution in [3.05, 3.63) is 34.3 Å². The Morgan fingerprint density at radius 3 is 2.39 bits per heavy atom. The molecule has 1 aromatic rings. The maximum absolute atomic E-state index is 10.7. The van der Waals surface area contributed by atoms with E-state index in [1.807, 2.05) is 24.3 Å². The number of aliphatic hydroxyl groups excluding tert-OH is 1. The molecule has 0 saturated heterocycles. The van der Waals surface area contributed by atoms with Crippen LogP contribution in [0.5, 0.6) is 0 Å². The molecule has 2 nitrogen and oxygen atoms in total. The van der Waals surface area contributed by atoms with Gasteiger partial charge in [-0.1, -0.05) is 47.8 Å². The summed E-state index contributed by atoms with van der Waals surface area (Å²) in [7, 11) is 0. The summed E-state index contributed by atoms with van der Waals surface area (Å²) in [6.07, 6.45) is 3.96. The van der Waals surface area contributed by atoms with Crippen LogP contribution in [-0.4, -0.2) is 11.7 Å². The van der Waals surface area contributed by atoms with Crippen molar-refractivity contribution in [1.82, 2.24) is 0 Å². The number of rotatable bonds is 3. The minimum atomic E-state index is -0.442. The molecular formula is C15H22BrNO. The molecular weight excluding hydrogens is 290 g/mol. The van der Waals surface area contributed by atoms with Gasteiger partial charge in [-0.05, 0) is 36.5 Å². The van der Waals surface area contributed by atoms with Crippen molar-refractivity contribution in [2.24, 2.45) is 17.1 Å². The van der Waals surface area contributed by atoms with Gasteiger partial charge in [0.15, 0.2) is 0 Å². The van der Waals surface area contributed by atoms with Crippen LogP contribution >= 0.6 is 15.9 Å². The third kappa shape index (κ3) is 2.79. The van der Waals surface area contributed by atoms with Crippen LogP contribution in [-0.2, 0) is 0 Å². The van der Waals surface area contributed by atoms with Gasteiger partial charge in [0.05, 0.1) is 6.10 Å². The fraction of sp³-hybridized carbons (Fsp3) is 0.600. The zero-order valence-electron chi connectivity index (χ0n) is 10.9. The predicted octanol–water partition coefficient (Wildman–Crippen LogP) is 3.64. The van der Waals surface area contributed by atoms with E-state index in [0.29, 0.717) is 6.54 Å². The highest BCUT2D eigenvalue weighted by molar-refractivity contribution is 9.10. The lowest BCUT2D eigenvalue weighted by Crippen LogP contribution is -2.39. The Balaban J connectivity index is 2.19.